The SMILES string of the molecule is CN1C(=O)C(=Cc2ccc(N3c4ccccc4C(C)(C)c4ccccc43)[te]2)C(=O)N(C)C1=[Se]. The van der Waals surface area contributed by atoms with Crippen molar-refractivity contribution in [3.8, 4) is 0 Å². The van der Waals surface area contributed by atoms with Gasteiger partial charge in [0, 0.05) is 0 Å². The molecule has 1 aromatic heterocycles. The van der Waals surface area contributed by atoms with E-state index in [1.54, 1.807) is 20.2 Å². The van der Waals surface area contributed by atoms with Gasteiger partial charge in [0.05, 0.1) is 0 Å². The van der Waals surface area contributed by atoms with Crippen LogP contribution in [0, 0.1) is 0 Å². The molecule has 166 valence electrons. The van der Waals surface area contributed by atoms with Gasteiger partial charge in [-0.1, -0.05) is 0 Å². The van der Waals surface area contributed by atoms with Crippen LogP contribution in [0.2, 0.25) is 0 Å². The minimum atomic E-state index is -0.811. The van der Waals surface area contributed by atoms with E-state index >= 15 is 0 Å². The van der Waals surface area contributed by atoms with Gasteiger partial charge in [0.15, 0.2) is 0 Å². The molecule has 2 aliphatic rings. The second-order valence-electron chi connectivity index (χ2n) is 8.74. The molecule has 0 spiro atoms. The van der Waals surface area contributed by atoms with Crippen molar-refractivity contribution in [2.24, 2.45) is 0 Å². The van der Waals surface area contributed by atoms with E-state index < -0.39 is 20.4 Å². The summed E-state index contributed by atoms with van der Waals surface area (Å²) in [6.07, 6.45) is 1.79. The average Bonchev–Trinajstić information content (AvgIpc) is 3.28. The summed E-state index contributed by atoms with van der Waals surface area (Å²) in [6.45, 7) is 4.55. The second kappa shape index (κ2) is 8.11. The van der Waals surface area contributed by atoms with Crippen LogP contribution in [0.25, 0.3) is 6.08 Å². The molecule has 7 heteroatoms. The van der Waals surface area contributed by atoms with E-state index in [1.165, 1.54) is 36.0 Å². The van der Waals surface area contributed by atoms with E-state index in [4.69, 9.17) is 0 Å². The molecule has 0 saturated carbocycles. The van der Waals surface area contributed by atoms with Gasteiger partial charge in [0.1, 0.15) is 0 Å². The fourth-order valence-corrected chi connectivity index (χ4v) is 7.70. The van der Waals surface area contributed by atoms with Gasteiger partial charge < -0.3 is 0 Å². The molecule has 2 aliphatic heterocycles. The molecule has 0 N–H and O–H groups in total. The first-order chi connectivity index (χ1) is 15.7. The van der Waals surface area contributed by atoms with Crippen molar-refractivity contribution in [2.45, 2.75) is 19.3 Å². The Morgan fingerprint density at radius 1 is 0.818 bits per heavy atom. The monoisotopic (exact) mass is 619 g/mol. The van der Waals surface area contributed by atoms with Gasteiger partial charge in [-0.05, 0) is 0 Å². The van der Waals surface area contributed by atoms with Crippen LogP contribution < -0.4 is 4.90 Å². The molecular formula is C26H23N3O2SeTe. The zero-order valence-electron chi connectivity index (χ0n) is 18.8. The molecular weight excluding hydrogens is 593 g/mol. The van der Waals surface area contributed by atoms with Crippen molar-refractivity contribution in [3.63, 3.8) is 0 Å². The van der Waals surface area contributed by atoms with Crippen LogP contribution in [0.3, 0.4) is 0 Å². The van der Waals surface area contributed by atoms with E-state index in [2.05, 4.69) is 95.0 Å². The topological polar surface area (TPSA) is 43.9 Å². The van der Waals surface area contributed by atoms with Gasteiger partial charge in [-0.2, -0.15) is 0 Å². The number of carbonyl (C=O) groups excluding carboxylic acids is 2. The van der Waals surface area contributed by atoms with Crippen molar-refractivity contribution in [1.29, 1.82) is 0 Å². The molecule has 1 fully saturated rings. The first kappa shape index (κ1) is 22.4. The molecule has 2 amide bonds. The van der Waals surface area contributed by atoms with Crippen molar-refractivity contribution >= 4 is 73.6 Å². The Morgan fingerprint density at radius 2 is 1.33 bits per heavy atom. The van der Waals surface area contributed by atoms with Gasteiger partial charge >= 0.3 is 212 Å². The Hall–Kier alpha value is -2.42. The number of likely N-dealkylation sites (N-methyl/N-ethyl adjacent to an activating group) is 2. The Labute approximate surface area is 211 Å². The number of hydrogen-bond donors (Lipinski definition) is 0. The van der Waals surface area contributed by atoms with Crippen molar-refractivity contribution in [1.82, 2.24) is 9.80 Å². The van der Waals surface area contributed by atoms with Gasteiger partial charge in [-0.15, -0.1) is 0 Å². The number of carbonyl (C=O) groups is 2. The van der Waals surface area contributed by atoms with Crippen LogP contribution in [-0.2, 0) is 15.0 Å². The number of nitrogens with zero attached hydrogens (tertiary/aromatic N) is 3. The van der Waals surface area contributed by atoms with E-state index in [9.17, 15) is 9.59 Å². The molecule has 0 radical (unpaired) electrons. The van der Waals surface area contributed by atoms with Gasteiger partial charge in [0.2, 0.25) is 0 Å². The number of para-hydroxylation sites is 2. The normalized spacial score (nSPS) is 17.3. The van der Waals surface area contributed by atoms with E-state index in [0.29, 0.717) is 4.67 Å². The number of benzene rings is 2. The summed E-state index contributed by atoms with van der Waals surface area (Å²) in [5.41, 5.74) is 5.11. The van der Waals surface area contributed by atoms with Crippen LogP contribution in [0.15, 0.2) is 66.2 Å². The van der Waals surface area contributed by atoms with Gasteiger partial charge in [-0.25, -0.2) is 0 Å². The van der Waals surface area contributed by atoms with Crippen LogP contribution >= 0.6 is 0 Å². The summed E-state index contributed by atoms with van der Waals surface area (Å²) < 4.78 is 2.83. The Balaban J connectivity index is 1.61. The molecule has 1 saturated heterocycles. The predicted molar refractivity (Wildman–Crippen MR) is 134 cm³/mol. The number of amides is 2. The average molecular weight is 616 g/mol. The number of fused-ring (bicyclic) bond motifs is 2. The summed E-state index contributed by atoms with van der Waals surface area (Å²) >= 11 is 1.99. The fraction of sp³-hybridized carbons (Fsp3) is 0.192. The summed E-state index contributed by atoms with van der Waals surface area (Å²) in [4.78, 5) is 30.9. The molecule has 0 aliphatic carbocycles. The van der Waals surface area contributed by atoms with Crippen molar-refractivity contribution in [2.75, 3.05) is 19.0 Å². The van der Waals surface area contributed by atoms with Crippen molar-refractivity contribution in [3.05, 3.63) is 80.9 Å². The second-order valence-corrected chi connectivity index (χ2v) is 12.6. The maximum absolute atomic E-state index is 12.8. The summed E-state index contributed by atoms with van der Waals surface area (Å²) in [7, 11) is 3.36. The third kappa shape index (κ3) is 3.46. The Bertz CT molecular complexity index is 1280. The number of anilines is 3. The molecule has 0 bridgehead atoms. The van der Waals surface area contributed by atoms with Crippen LogP contribution in [0.5, 0.6) is 0 Å². The fourth-order valence-electron chi connectivity index (χ4n) is 4.56. The summed E-state index contributed by atoms with van der Waals surface area (Å²) in [5, 5.41) is 0. The molecule has 3 aromatic rings. The molecule has 5 rings (SSSR count). The van der Waals surface area contributed by atoms with Gasteiger partial charge in [-0.3, -0.25) is 0 Å². The van der Waals surface area contributed by atoms with Crippen LogP contribution in [-0.4, -0.2) is 76.4 Å². The summed E-state index contributed by atoms with van der Waals surface area (Å²) in [6, 6.07) is 21.4. The maximum atomic E-state index is 12.8. The Morgan fingerprint density at radius 3 is 1.88 bits per heavy atom. The zero-order valence-corrected chi connectivity index (χ0v) is 22.9. The van der Waals surface area contributed by atoms with E-state index in [0.717, 1.165) is 3.58 Å². The van der Waals surface area contributed by atoms with E-state index in [1.807, 2.05) is 0 Å². The number of rotatable bonds is 2. The molecule has 0 unspecified atom stereocenters. The predicted octanol–water partition coefficient (Wildman–Crippen LogP) is 3.42. The van der Waals surface area contributed by atoms with Crippen LogP contribution in [0.4, 0.5) is 15.1 Å². The Kier molecular flexibility index (Phi) is 5.50. The third-order valence-electron chi connectivity index (χ3n) is 6.40. The third-order valence-corrected chi connectivity index (χ3v) is 10.5. The quantitative estimate of drug-likeness (QED) is 0.252. The van der Waals surface area contributed by atoms with Crippen molar-refractivity contribution < 1.29 is 9.59 Å². The molecule has 2 aromatic carbocycles. The molecule has 33 heavy (non-hydrogen) atoms. The van der Waals surface area contributed by atoms with E-state index in [-0.39, 0.29) is 22.8 Å². The van der Waals surface area contributed by atoms with Gasteiger partial charge in [0.25, 0.3) is 0 Å². The van der Waals surface area contributed by atoms with Crippen LogP contribution in [0.1, 0.15) is 28.6 Å². The zero-order chi connectivity index (χ0) is 23.5. The standard InChI is InChI=1S/C26H23N3O2SeTe/c1-26(2)18-9-5-7-11-20(18)29(21-12-8-6-10-19(21)26)22-14-13-16(33-22)15-17-23(30)27(3)25(32)28(4)24(17)31/h5-15H,1-4H3. The summed E-state index contributed by atoms with van der Waals surface area (Å²) in [5.74, 6) is -0.548. The molecule has 3 heterocycles. The number of hydrogen-bond acceptors (Lipinski definition) is 3. The molecule has 5 nitrogen and oxygen atoms in total. The first-order valence-electron chi connectivity index (χ1n) is 10.6. The first-order valence-corrected chi connectivity index (χ1v) is 13.8. The minimum absolute atomic E-state index is 0.0941. The molecule has 0 atom stereocenters.